The third-order valence-electron chi connectivity index (χ3n) is 4.03. The summed E-state index contributed by atoms with van der Waals surface area (Å²) in [4.78, 5) is 12.4. The molecule has 0 aliphatic rings. The normalized spacial score (nSPS) is 10.9. The molecule has 0 bridgehead atoms. The molecule has 30 heavy (non-hydrogen) atoms. The van der Waals surface area contributed by atoms with Crippen molar-refractivity contribution in [3.05, 3.63) is 99.3 Å². The van der Waals surface area contributed by atoms with E-state index in [1.807, 2.05) is 6.07 Å². The smallest absolute Gasteiger partial charge is 0.266 e. The summed E-state index contributed by atoms with van der Waals surface area (Å²) in [7, 11) is 0. The Balaban J connectivity index is 1.65. The van der Waals surface area contributed by atoms with Crippen molar-refractivity contribution in [1.29, 1.82) is 5.26 Å². The van der Waals surface area contributed by atoms with E-state index >= 15 is 0 Å². The topological polar surface area (TPSA) is 62.1 Å². The molecule has 150 valence electrons. The first-order chi connectivity index (χ1) is 14.4. The lowest BCUT2D eigenvalue weighted by Crippen LogP contribution is -2.13. The maximum atomic E-state index is 13.2. The van der Waals surface area contributed by atoms with E-state index in [1.54, 1.807) is 48.5 Å². The van der Waals surface area contributed by atoms with Gasteiger partial charge in [-0.2, -0.15) is 5.26 Å². The number of carbonyl (C=O) groups is 1. The Hall–Kier alpha value is -3.33. The van der Waals surface area contributed by atoms with Crippen LogP contribution in [-0.2, 0) is 11.4 Å². The second-order valence-electron chi connectivity index (χ2n) is 6.24. The molecule has 1 N–H and O–H groups in total. The molecule has 0 atom stereocenters. The minimum absolute atomic E-state index is 0.0745. The Morgan fingerprint density at radius 3 is 2.50 bits per heavy atom. The van der Waals surface area contributed by atoms with E-state index < -0.39 is 5.91 Å². The number of halogens is 3. The molecular weight excluding hydrogens is 426 g/mol. The minimum atomic E-state index is -0.567. The van der Waals surface area contributed by atoms with E-state index in [9.17, 15) is 14.4 Å². The molecule has 3 aromatic rings. The number of benzene rings is 3. The molecular formula is C23H15Cl2FN2O2. The van der Waals surface area contributed by atoms with Crippen LogP contribution in [0, 0.1) is 17.1 Å². The second-order valence-corrected chi connectivity index (χ2v) is 7.05. The van der Waals surface area contributed by atoms with Gasteiger partial charge in [-0.3, -0.25) is 4.79 Å². The summed E-state index contributed by atoms with van der Waals surface area (Å²) in [6.07, 6.45) is 1.46. The molecule has 0 unspecified atom stereocenters. The Bertz CT molecular complexity index is 1140. The molecule has 4 nitrogen and oxygen atoms in total. The van der Waals surface area contributed by atoms with Crippen molar-refractivity contribution in [1.82, 2.24) is 0 Å². The zero-order valence-electron chi connectivity index (χ0n) is 15.5. The van der Waals surface area contributed by atoms with Gasteiger partial charge in [0.25, 0.3) is 5.91 Å². The number of hydrogen-bond donors (Lipinski definition) is 1. The molecule has 0 aliphatic heterocycles. The molecule has 0 heterocycles. The first-order valence-electron chi connectivity index (χ1n) is 8.80. The van der Waals surface area contributed by atoms with Crippen molar-refractivity contribution in [2.45, 2.75) is 6.61 Å². The summed E-state index contributed by atoms with van der Waals surface area (Å²) >= 11 is 11.8. The van der Waals surface area contributed by atoms with Crippen molar-refractivity contribution < 1.29 is 13.9 Å². The van der Waals surface area contributed by atoms with Crippen LogP contribution < -0.4 is 10.1 Å². The highest BCUT2D eigenvalue weighted by Crippen LogP contribution is 2.25. The lowest BCUT2D eigenvalue weighted by molar-refractivity contribution is -0.112. The minimum Gasteiger partial charge on any atom is -0.489 e. The van der Waals surface area contributed by atoms with Crippen LogP contribution in [-0.4, -0.2) is 5.91 Å². The number of anilines is 1. The van der Waals surface area contributed by atoms with Gasteiger partial charge in [0, 0.05) is 5.69 Å². The van der Waals surface area contributed by atoms with E-state index in [-0.39, 0.29) is 18.0 Å². The fraction of sp³-hybridized carbons (Fsp3) is 0.0435. The van der Waals surface area contributed by atoms with Gasteiger partial charge in [-0.25, -0.2) is 4.39 Å². The third kappa shape index (κ3) is 5.84. The van der Waals surface area contributed by atoms with Crippen molar-refractivity contribution >= 4 is 40.9 Å². The zero-order valence-corrected chi connectivity index (χ0v) is 17.0. The lowest BCUT2D eigenvalue weighted by atomic mass is 10.1. The van der Waals surface area contributed by atoms with Crippen molar-refractivity contribution in [2.75, 3.05) is 5.32 Å². The van der Waals surface area contributed by atoms with Crippen molar-refractivity contribution in [2.24, 2.45) is 0 Å². The maximum Gasteiger partial charge on any atom is 0.266 e. The number of rotatable bonds is 6. The molecule has 0 aromatic heterocycles. The van der Waals surface area contributed by atoms with Crippen molar-refractivity contribution in [3.8, 4) is 11.8 Å². The molecule has 3 rings (SSSR count). The van der Waals surface area contributed by atoms with Crippen LogP contribution in [0.15, 0.2) is 72.3 Å². The average molecular weight is 441 g/mol. The van der Waals surface area contributed by atoms with Gasteiger partial charge in [-0.05, 0) is 59.7 Å². The molecule has 7 heteroatoms. The van der Waals surface area contributed by atoms with Crippen LogP contribution in [0.3, 0.4) is 0 Å². The van der Waals surface area contributed by atoms with Gasteiger partial charge in [-0.15, -0.1) is 0 Å². The predicted octanol–water partition coefficient (Wildman–Crippen LogP) is 6.26. The molecule has 0 saturated heterocycles. The predicted molar refractivity (Wildman–Crippen MR) is 116 cm³/mol. The van der Waals surface area contributed by atoms with E-state index in [0.29, 0.717) is 32.6 Å². The van der Waals surface area contributed by atoms with E-state index in [1.165, 1.54) is 24.3 Å². The number of carbonyl (C=O) groups excluding carboxylic acids is 1. The summed E-state index contributed by atoms with van der Waals surface area (Å²) in [5, 5.41) is 12.6. The van der Waals surface area contributed by atoms with Crippen LogP contribution in [0.4, 0.5) is 10.1 Å². The molecule has 0 saturated carbocycles. The van der Waals surface area contributed by atoms with Gasteiger partial charge in [0.05, 0.1) is 10.0 Å². The number of ether oxygens (including phenoxy) is 1. The van der Waals surface area contributed by atoms with Gasteiger partial charge in [0.1, 0.15) is 29.8 Å². The quantitative estimate of drug-likeness (QED) is 0.363. The van der Waals surface area contributed by atoms with Gasteiger partial charge >= 0.3 is 0 Å². The van der Waals surface area contributed by atoms with E-state index in [0.717, 1.165) is 0 Å². The van der Waals surface area contributed by atoms with Crippen LogP contribution in [0.5, 0.6) is 5.75 Å². The monoisotopic (exact) mass is 440 g/mol. The fourth-order valence-corrected chi connectivity index (χ4v) is 2.84. The fourth-order valence-electron chi connectivity index (χ4n) is 2.54. The lowest BCUT2D eigenvalue weighted by Gasteiger charge is -2.07. The molecule has 0 aliphatic carbocycles. The Morgan fingerprint density at radius 2 is 1.83 bits per heavy atom. The van der Waals surface area contributed by atoms with Crippen molar-refractivity contribution in [3.63, 3.8) is 0 Å². The van der Waals surface area contributed by atoms with Crippen LogP contribution in [0.1, 0.15) is 11.1 Å². The third-order valence-corrected chi connectivity index (χ3v) is 4.77. The van der Waals surface area contributed by atoms with E-state index in [4.69, 9.17) is 27.9 Å². The number of nitrogens with zero attached hydrogens (tertiary/aromatic N) is 1. The largest absolute Gasteiger partial charge is 0.489 e. The van der Waals surface area contributed by atoms with Gasteiger partial charge in [0.15, 0.2) is 0 Å². The summed E-state index contributed by atoms with van der Waals surface area (Å²) in [5.41, 5.74) is 1.71. The van der Waals surface area contributed by atoms with Crippen LogP contribution >= 0.6 is 23.2 Å². The zero-order chi connectivity index (χ0) is 21.5. The highest BCUT2D eigenvalue weighted by molar-refractivity contribution is 6.42. The number of amides is 1. The molecule has 0 fully saturated rings. The number of hydrogen-bond acceptors (Lipinski definition) is 3. The molecule has 0 spiro atoms. The standard InChI is InChI=1S/C23H15Cl2FN2O2/c24-21-9-6-19(12-22(21)25)28-23(29)17(13-27)10-15-4-7-20(8-5-15)30-14-16-2-1-3-18(26)11-16/h1-12H,14H2,(H,28,29)/b17-10+. The van der Waals surface area contributed by atoms with Gasteiger partial charge in [-0.1, -0.05) is 47.5 Å². The van der Waals surface area contributed by atoms with Gasteiger partial charge in [0.2, 0.25) is 0 Å². The van der Waals surface area contributed by atoms with E-state index in [2.05, 4.69) is 5.32 Å². The average Bonchev–Trinajstić information content (AvgIpc) is 2.74. The first kappa shape index (κ1) is 21.4. The van der Waals surface area contributed by atoms with Crippen LogP contribution in [0.25, 0.3) is 6.08 Å². The number of nitrogens with one attached hydrogen (secondary N) is 1. The highest BCUT2D eigenvalue weighted by atomic mass is 35.5. The summed E-state index contributed by atoms with van der Waals surface area (Å²) in [6, 6.07) is 19.5. The Labute approximate surface area is 183 Å². The molecule has 3 aromatic carbocycles. The van der Waals surface area contributed by atoms with Gasteiger partial charge < -0.3 is 10.1 Å². The SMILES string of the molecule is N#C/C(=C\c1ccc(OCc2cccc(F)c2)cc1)C(=O)Nc1ccc(Cl)c(Cl)c1. The first-order valence-corrected chi connectivity index (χ1v) is 9.56. The molecule has 1 amide bonds. The number of nitriles is 1. The summed E-state index contributed by atoms with van der Waals surface area (Å²) in [6.45, 7) is 0.225. The second kappa shape index (κ2) is 9.93. The summed E-state index contributed by atoms with van der Waals surface area (Å²) < 4.78 is 18.8. The summed E-state index contributed by atoms with van der Waals surface area (Å²) in [5.74, 6) is -0.308. The Morgan fingerprint density at radius 1 is 1.07 bits per heavy atom. The Kier molecular flexibility index (Phi) is 7.08. The highest BCUT2D eigenvalue weighted by Gasteiger charge is 2.10. The van der Waals surface area contributed by atoms with Crippen LogP contribution in [0.2, 0.25) is 10.0 Å². The molecule has 0 radical (unpaired) electrons. The maximum absolute atomic E-state index is 13.2.